The van der Waals surface area contributed by atoms with Crippen molar-refractivity contribution in [1.82, 2.24) is 0 Å². The Labute approximate surface area is 99.6 Å². The molecule has 1 unspecified atom stereocenters. The molecule has 0 aromatic heterocycles. The predicted molar refractivity (Wildman–Crippen MR) is 65.6 cm³/mol. The zero-order valence-electron chi connectivity index (χ0n) is 9.33. The fourth-order valence-electron chi connectivity index (χ4n) is 1.85. The second-order valence-electron chi connectivity index (χ2n) is 3.91. The molecule has 1 saturated heterocycles. The standard InChI is InChI=1S/C12H16FNOS/c1-16-12-5-4-9(7-11(12)13)14-10-3-2-6-15-8-10/h4-5,7,10,14H,2-3,6,8H2,1H3. The Morgan fingerprint density at radius 2 is 2.38 bits per heavy atom. The van der Waals surface area contributed by atoms with Gasteiger partial charge in [0.1, 0.15) is 5.82 Å². The average molecular weight is 241 g/mol. The van der Waals surface area contributed by atoms with E-state index in [0.717, 1.165) is 25.1 Å². The first-order valence-electron chi connectivity index (χ1n) is 5.47. The molecule has 2 rings (SSSR count). The van der Waals surface area contributed by atoms with E-state index in [-0.39, 0.29) is 5.82 Å². The quantitative estimate of drug-likeness (QED) is 0.821. The van der Waals surface area contributed by atoms with Gasteiger partial charge in [-0.2, -0.15) is 0 Å². The van der Waals surface area contributed by atoms with E-state index in [1.165, 1.54) is 11.8 Å². The van der Waals surface area contributed by atoms with Gasteiger partial charge in [0.25, 0.3) is 0 Å². The van der Waals surface area contributed by atoms with Crippen LogP contribution >= 0.6 is 11.8 Å². The fourth-order valence-corrected chi connectivity index (χ4v) is 2.30. The number of thioether (sulfide) groups is 1. The second-order valence-corrected chi connectivity index (χ2v) is 4.76. The van der Waals surface area contributed by atoms with Crippen molar-refractivity contribution >= 4 is 17.4 Å². The highest BCUT2D eigenvalue weighted by molar-refractivity contribution is 7.98. The van der Waals surface area contributed by atoms with Crippen LogP contribution in [-0.4, -0.2) is 25.5 Å². The molecule has 2 nitrogen and oxygen atoms in total. The Bertz CT molecular complexity index is 353. The number of hydrogen-bond acceptors (Lipinski definition) is 3. The summed E-state index contributed by atoms with van der Waals surface area (Å²) in [5.74, 6) is -0.158. The first kappa shape index (κ1) is 11.7. The highest BCUT2D eigenvalue weighted by Gasteiger charge is 2.13. The maximum Gasteiger partial charge on any atom is 0.138 e. The molecule has 1 atom stereocenters. The van der Waals surface area contributed by atoms with Gasteiger partial charge in [0.2, 0.25) is 0 Å². The van der Waals surface area contributed by atoms with Crippen LogP contribution in [0, 0.1) is 5.82 Å². The van der Waals surface area contributed by atoms with Crippen molar-refractivity contribution in [3.05, 3.63) is 24.0 Å². The lowest BCUT2D eigenvalue weighted by Crippen LogP contribution is -2.29. The van der Waals surface area contributed by atoms with E-state index in [0.29, 0.717) is 17.5 Å². The number of hydrogen-bond donors (Lipinski definition) is 1. The van der Waals surface area contributed by atoms with E-state index in [9.17, 15) is 4.39 Å². The van der Waals surface area contributed by atoms with Crippen molar-refractivity contribution in [3.63, 3.8) is 0 Å². The molecule has 0 radical (unpaired) electrons. The Morgan fingerprint density at radius 1 is 1.50 bits per heavy atom. The zero-order valence-corrected chi connectivity index (χ0v) is 10.1. The van der Waals surface area contributed by atoms with Gasteiger partial charge in [0.05, 0.1) is 6.61 Å². The van der Waals surface area contributed by atoms with Gasteiger partial charge in [-0.1, -0.05) is 0 Å². The lowest BCUT2D eigenvalue weighted by atomic mass is 10.1. The summed E-state index contributed by atoms with van der Waals surface area (Å²) in [5, 5.41) is 3.30. The molecule has 0 spiro atoms. The maximum absolute atomic E-state index is 13.5. The van der Waals surface area contributed by atoms with Crippen LogP contribution in [0.25, 0.3) is 0 Å². The number of anilines is 1. The number of halogens is 1. The molecule has 1 heterocycles. The largest absolute Gasteiger partial charge is 0.380 e. The van der Waals surface area contributed by atoms with Crippen molar-refractivity contribution in [3.8, 4) is 0 Å². The summed E-state index contributed by atoms with van der Waals surface area (Å²) in [6.45, 7) is 1.56. The smallest absolute Gasteiger partial charge is 0.138 e. The van der Waals surface area contributed by atoms with E-state index in [1.54, 1.807) is 6.07 Å². The summed E-state index contributed by atoms with van der Waals surface area (Å²) in [4.78, 5) is 0.686. The van der Waals surface area contributed by atoms with Crippen molar-refractivity contribution in [1.29, 1.82) is 0 Å². The van der Waals surface area contributed by atoms with Gasteiger partial charge in [0.15, 0.2) is 0 Å². The minimum atomic E-state index is -0.158. The third kappa shape index (κ3) is 2.89. The maximum atomic E-state index is 13.5. The number of benzene rings is 1. The van der Waals surface area contributed by atoms with Crippen LogP contribution in [0.1, 0.15) is 12.8 Å². The predicted octanol–water partition coefficient (Wildman–Crippen LogP) is 3.14. The zero-order chi connectivity index (χ0) is 11.4. The molecule has 0 bridgehead atoms. The van der Waals surface area contributed by atoms with E-state index < -0.39 is 0 Å². The highest BCUT2D eigenvalue weighted by atomic mass is 32.2. The number of ether oxygens (including phenoxy) is 1. The Balaban J connectivity index is 2.01. The van der Waals surface area contributed by atoms with Crippen molar-refractivity contribution in [2.75, 3.05) is 24.8 Å². The molecule has 0 saturated carbocycles. The summed E-state index contributed by atoms with van der Waals surface area (Å²) in [5.41, 5.74) is 0.839. The number of nitrogens with one attached hydrogen (secondary N) is 1. The van der Waals surface area contributed by atoms with Gasteiger partial charge < -0.3 is 10.1 Å². The van der Waals surface area contributed by atoms with Crippen LogP contribution in [0.3, 0.4) is 0 Å². The van der Waals surface area contributed by atoms with Crippen LogP contribution in [-0.2, 0) is 4.74 Å². The lowest BCUT2D eigenvalue weighted by Gasteiger charge is -2.24. The van der Waals surface area contributed by atoms with E-state index in [2.05, 4.69) is 5.32 Å². The Morgan fingerprint density at radius 3 is 3.00 bits per heavy atom. The highest BCUT2D eigenvalue weighted by Crippen LogP contribution is 2.23. The molecule has 1 N–H and O–H groups in total. The molecule has 1 aromatic carbocycles. The van der Waals surface area contributed by atoms with Crippen LogP contribution in [0.15, 0.2) is 23.1 Å². The summed E-state index contributed by atoms with van der Waals surface area (Å²) in [6, 6.07) is 5.60. The first-order chi connectivity index (χ1) is 7.79. The van der Waals surface area contributed by atoms with Crippen LogP contribution in [0.2, 0.25) is 0 Å². The normalized spacial score (nSPS) is 20.8. The summed E-state index contributed by atoms with van der Waals surface area (Å²) in [6.07, 6.45) is 4.04. The molecular weight excluding hydrogens is 225 g/mol. The molecule has 0 amide bonds. The third-order valence-corrected chi connectivity index (χ3v) is 3.45. The molecule has 88 valence electrons. The van der Waals surface area contributed by atoms with Gasteiger partial charge in [-0.15, -0.1) is 11.8 Å². The van der Waals surface area contributed by atoms with Crippen LogP contribution in [0.5, 0.6) is 0 Å². The lowest BCUT2D eigenvalue weighted by molar-refractivity contribution is 0.0876. The average Bonchev–Trinajstić information content (AvgIpc) is 2.31. The van der Waals surface area contributed by atoms with E-state index >= 15 is 0 Å². The van der Waals surface area contributed by atoms with E-state index in [1.807, 2.05) is 18.4 Å². The van der Waals surface area contributed by atoms with Crippen molar-refractivity contribution in [2.24, 2.45) is 0 Å². The van der Waals surface area contributed by atoms with Crippen molar-refractivity contribution in [2.45, 2.75) is 23.8 Å². The summed E-state index contributed by atoms with van der Waals surface area (Å²) < 4.78 is 18.9. The fraction of sp³-hybridized carbons (Fsp3) is 0.500. The second kappa shape index (κ2) is 5.55. The molecule has 0 aliphatic carbocycles. The molecule has 1 aliphatic heterocycles. The summed E-state index contributed by atoms with van der Waals surface area (Å²) >= 11 is 1.42. The van der Waals surface area contributed by atoms with Crippen LogP contribution < -0.4 is 5.32 Å². The van der Waals surface area contributed by atoms with Gasteiger partial charge in [0, 0.05) is 23.2 Å². The van der Waals surface area contributed by atoms with Crippen molar-refractivity contribution < 1.29 is 9.13 Å². The molecule has 16 heavy (non-hydrogen) atoms. The van der Waals surface area contributed by atoms with Gasteiger partial charge in [-0.05, 0) is 37.3 Å². The minimum Gasteiger partial charge on any atom is -0.380 e. The van der Waals surface area contributed by atoms with Gasteiger partial charge >= 0.3 is 0 Å². The topological polar surface area (TPSA) is 21.3 Å². The summed E-state index contributed by atoms with van der Waals surface area (Å²) in [7, 11) is 0. The molecule has 1 aromatic rings. The van der Waals surface area contributed by atoms with Gasteiger partial charge in [-0.3, -0.25) is 0 Å². The molecular formula is C12H16FNOS. The molecule has 1 aliphatic rings. The molecule has 4 heteroatoms. The van der Waals surface area contributed by atoms with Crippen LogP contribution in [0.4, 0.5) is 10.1 Å². The SMILES string of the molecule is CSc1ccc(NC2CCCOC2)cc1F. The Kier molecular flexibility index (Phi) is 4.07. The van der Waals surface area contributed by atoms with Gasteiger partial charge in [-0.25, -0.2) is 4.39 Å². The molecule has 1 fully saturated rings. The first-order valence-corrected chi connectivity index (χ1v) is 6.70. The monoisotopic (exact) mass is 241 g/mol. The third-order valence-electron chi connectivity index (χ3n) is 2.68. The van der Waals surface area contributed by atoms with E-state index in [4.69, 9.17) is 4.74 Å². The number of rotatable bonds is 3. The minimum absolute atomic E-state index is 0.158. The Hall–Kier alpha value is -0.740.